The summed E-state index contributed by atoms with van der Waals surface area (Å²) in [5, 5.41) is 9.98. The molecule has 6 N–H and O–H groups in total. The predicted molar refractivity (Wildman–Crippen MR) is 187 cm³/mol. The normalized spacial score (nSPS) is 15.1. The van der Waals surface area contributed by atoms with Gasteiger partial charge in [0.15, 0.2) is 33.5 Å². The van der Waals surface area contributed by atoms with E-state index in [2.05, 4.69) is 31.3 Å². The molecule has 1 aliphatic rings. The van der Waals surface area contributed by atoms with Gasteiger partial charge in [-0.2, -0.15) is 13.2 Å². The molecule has 0 spiro atoms. The van der Waals surface area contributed by atoms with E-state index < -0.39 is 25.6 Å². The van der Waals surface area contributed by atoms with Crippen molar-refractivity contribution < 1.29 is 55.6 Å². The fourth-order valence-corrected chi connectivity index (χ4v) is 6.96. The molecule has 0 saturated heterocycles. The van der Waals surface area contributed by atoms with Gasteiger partial charge in [-0.1, -0.05) is 30.9 Å². The number of benzene rings is 1. The highest BCUT2D eigenvalue weighted by atomic mass is 35.5. The number of fused-ring (bicyclic) bond motifs is 1. The van der Waals surface area contributed by atoms with Gasteiger partial charge in [0.2, 0.25) is 0 Å². The van der Waals surface area contributed by atoms with Crippen LogP contribution in [0.15, 0.2) is 18.2 Å². The Morgan fingerprint density at radius 3 is 2.40 bits per heavy atom. The number of alkyl halides is 3. The molecular weight excluding hydrogens is 732 g/mol. The number of quaternary nitrogens is 1. The summed E-state index contributed by atoms with van der Waals surface area (Å²) in [7, 11) is 2.14. The third kappa shape index (κ3) is 12.8. The van der Waals surface area contributed by atoms with Crippen LogP contribution in [0.2, 0.25) is 5.15 Å². The highest BCUT2D eigenvalue weighted by Gasteiger charge is 2.38. The number of aromatic nitrogens is 4. The zero-order valence-electron chi connectivity index (χ0n) is 29.7. The molecule has 1 fully saturated rings. The summed E-state index contributed by atoms with van der Waals surface area (Å²) in [5.74, 6) is -1.36. The number of carboxylic acids is 1. The minimum Gasteiger partial charge on any atom is -0.778 e. The van der Waals surface area contributed by atoms with Crippen LogP contribution < -0.4 is 31.0 Å². The first-order chi connectivity index (χ1) is 24.2. The van der Waals surface area contributed by atoms with E-state index in [0.717, 1.165) is 42.8 Å². The van der Waals surface area contributed by atoms with Crippen molar-refractivity contribution in [2.24, 2.45) is 5.92 Å². The number of anilines is 2. The van der Waals surface area contributed by atoms with Gasteiger partial charge >= 0.3 is 12.1 Å². The molecule has 2 aromatic heterocycles. The maximum Gasteiger partial charge on any atom is 0.490 e. The zero-order valence-corrected chi connectivity index (χ0v) is 31.4. The molecule has 1 saturated carbocycles. The summed E-state index contributed by atoms with van der Waals surface area (Å²) in [6, 6.07) is 5.83. The van der Waals surface area contributed by atoms with Crippen LogP contribution in [0.3, 0.4) is 0 Å². The fraction of sp³-hybridized carbons (Fsp3) is 0.594. The Hall–Kier alpha value is -3.70. The average molecular weight is 780 g/mol. The molecule has 1 amide bonds. The molecule has 0 bridgehead atoms. The molecule has 52 heavy (non-hydrogen) atoms. The van der Waals surface area contributed by atoms with Crippen molar-refractivity contribution in [3.05, 3.63) is 34.9 Å². The van der Waals surface area contributed by atoms with Crippen LogP contribution in [0.4, 0.5) is 24.8 Å². The number of halogens is 4. The number of aryl methyl sites for hydroxylation is 1. The number of hydrogen-bond donors (Lipinski definition) is 4. The van der Waals surface area contributed by atoms with Crippen molar-refractivity contribution in [2.45, 2.75) is 71.3 Å². The van der Waals surface area contributed by atoms with Crippen LogP contribution in [0.5, 0.6) is 5.75 Å². The largest absolute Gasteiger partial charge is 0.778 e. The summed E-state index contributed by atoms with van der Waals surface area (Å²) in [6.45, 7) is 4.53. The number of amides is 1. The zero-order chi connectivity index (χ0) is 38.9. The van der Waals surface area contributed by atoms with Crippen molar-refractivity contribution in [3.63, 3.8) is 0 Å². The third-order valence-corrected chi connectivity index (χ3v) is 10.0. The Labute approximate surface area is 305 Å². The number of hydrogen-bond acceptors (Lipinski definition) is 10. The van der Waals surface area contributed by atoms with E-state index in [1.807, 2.05) is 39.3 Å². The number of imidazole rings is 1. The van der Waals surface area contributed by atoms with Crippen LogP contribution in [0.1, 0.15) is 61.8 Å². The summed E-state index contributed by atoms with van der Waals surface area (Å²) in [4.78, 5) is 42.3. The van der Waals surface area contributed by atoms with E-state index in [1.54, 1.807) is 0 Å². The Balaban J connectivity index is 0.000000944. The van der Waals surface area contributed by atoms with Gasteiger partial charge in [0.1, 0.15) is 26.5 Å². The first kappa shape index (κ1) is 42.7. The first-order valence-corrected chi connectivity index (χ1v) is 18.9. The number of carbonyl (C=O) groups is 2. The topological polar surface area (TPSA) is 212 Å². The van der Waals surface area contributed by atoms with Gasteiger partial charge in [0.05, 0.1) is 47.4 Å². The number of nitrogens with one attached hydrogen (secondary N) is 1. The molecule has 0 aliphatic heterocycles. The second-order valence-corrected chi connectivity index (χ2v) is 15.7. The molecule has 3 aromatic rings. The number of carboxylic acid groups (broad SMARTS) is 1. The SMILES string of the molecule is CC[n+]1c(CNC(=O)c2nc(Cl)c(N)nc2N)n(CC2CCCCC2)c2cc(OCCOP(=O)([O-])CCC[N+](C)(C)C)ccc21.O=C(O)C(F)(F)F. The highest BCUT2D eigenvalue weighted by Crippen LogP contribution is 2.37. The molecule has 1 unspecified atom stereocenters. The molecule has 0 radical (unpaired) electrons. The second-order valence-electron chi connectivity index (χ2n) is 13.4. The Morgan fingerprint density at radius 2 is 1.81 bits per heavy atom. The van der Waals surface area contributed by atoms with E-state index in [0.29, 0.717) is 29.1 Å². The highest BCUT2D eigenvalue weighted by molar-refractivity contribution is 7.51. The summed E-state index contributed by atoms with van der Waals surface area (Å²) in [6.07, 6.45) is 1.40. The van der Waals surface area contributed by atoms with Crippen LogP contribution in [0.25, 0.3) is 11.0 Å². The lowest BCUT2D eigenvalue weighted by molar-refractivity contribution is -0.870. The van der Waals surface area contributed by atoms with Crippen LogP contribution in [0, 0.1) is 5.92 Å². The second kappa shape index (κ2) is 18.4. The molecule has 20 heteroatoms. The quantitative estimate of drug-likeness (QED) is 0.0755. The maximum absolute atomic E-state index is 13.1. The molecule has 15 nitrogen and oxygen atoms in total. The van der Waals surface area contributed by atoms with Crippen LogP contribution >= 0.6 is 19.2 Å². The van der Waals surface area contributed by atoms with Gasteiger partial charge in [-0.15, -0.1) is 0 Å². The van der Waals surface area contributed by atoms with E-state index in [9.17, 15) is 27.4 Å². The summed E-state index contributed by atoms with van der Waals surface area (Å²) < 4.78 is 60.4. The Kier molecular flexibility index (Phi) is 15.1. The minimum atomic E-state index is -5.08. The Bertz CT molecular complexity index is 1750. The van der Waals surface area contributed by atoms with Crippen LogP contribution in [-0.4, -0.2) is 89.2 Å². The fourth-order valence-electron chi connectivity index (χ4n) is 5.83. The Morgan fingerprint density at radius 1 is 1.15 bits per heavy atom. The minimum absolute atomic E-state index is 0.00400. The van der Waals surface area contributed by atoms with Crippen molar-refractivity contribution in [1.82, 2.24) is 19.9 Å². The van der Waals surface area contributed by atoms with Gasteiger partial charge < -0.3 is 45.1 Å². The number of nitrogens with zero attached hydrogens (tertiary/aromatic N) is 5. The lowest BCUT2D eigenvalue weighted by atomic mass is 9.89. The predicted octanol–water partition coefficient (Wildman–Crippen LogP) is 3.75. The first-order valence-electron chi connectivity index (χ1n) is 16.8. The van der Waals surface area contributed by atoms with Crippen molar-refractivity contribution in [2.75, 3.05) is 58.5 Å². The van der Waals surface area contributed by atoms with Gasteiger partial charge in [-0.3, -0.25) is 4.79 Å². The van der Waals surface area contributed by atoms with E-state index in [-0.39, 0.29) is 48.4 Å². The smallest absolute Gasteiger partial charge is 0.490 e. The molecule has 1 aromatic carbocycles. The molecule has 1 aliphatic carbocycles. The number of rotatable bonds is 15. The van der Waals surface area contributed by atoms with Gasteiger partial charge in [0.25, 0.3) is 11.7 Å². The molecule has 290 valence electrons. The van der Waals surface area contributed by atoms with Crippen LogP contribution in [-0.2, 0) is 33.5 Å². The van der Waals surface area contributed by atoms with E-state index >= 15 is 0 Å². The van der Waals surface area contributed by atoms with Gasteiger partial charge in [0, 0.05) is 18.6 Å². The van der Waals surface area contributed by atoms with E-state index in [4.69, 9.17) is 42.2 Å². The van der Waals surface area contributed by atoms with Crippen molar-refractivity contribution in [3.8, 4) is 5.75 Å². The third-order valence-electron chi connectivity index (χ3n) is 8.30. The lowest BCUT2D eigenvalue weighted by Gasteiger charge is -2.27. The van der Waals surface area contributed by atoms with Gasteiger partial charge in [-0.05, 0) is 37.8 Å². The standard InChI is InChI=1S/C30H46ClN8O5P.C2HF3O2/c1-5-37-23-13-12-22(43-15-16-44-45(41,42)17-9-14-39(2,3)4)18-24(23)38(20-21-10-7-6-8-11-21)25(37)19-34-30(40)26-28(32)36-29(33)27(31)35-26;3-2(4,5)1(6)7/h12-13,18,21H,5-11,14-17,19-20H2,1-4H3,(H4-2,32,33,34,36,40,41,42);(H,6,7)/p+1. The number of carbonyl (C=O) groups excluding carboxylic acids is 1. The average Bonchev–Trinajstić information content (AvgIpc) is 3.34. The number of nitrogen functional groups attached to an aromatic ring is 2. The molecule has 2 heterocycles. The molecular formula is C32H48ClF3N8O7P+. The summed E-state index contributed by atoms with van der Waals surface area (Å²) >= 11 is 6.01. The van der Waals surface area contributed by atoms with Gasteiger partial charge in [-0.25, -0.2) is 23.9 Å². The maximum atomic E-state index is 13.1. The monoisotopic (exact) mass is 779 g/mol. The number of aliphatic carboxylic acids is 1. The number of ether oxygens (including phenoxy) is 1. The number of nitrogens with two attached hydrogens (primary N) is 2. The summed E-state index contributed by atoms with van der Waals surface area (Å²) in [5.41, 5.74) is 13.5. The molecule has 1 atom stereocenters. The molecule has 4 rings (SSSR count). The lowest BCUT2D eigenvalue weighted by Crippen LogP contribution is -2.41. The van der Waals surface area contributed by atoms with Crippen molar-refractivity contribution in [1.29, 1.82) is 0 Å². The van der Waals surface area contributed by atoms with Crippen molar-refractivity contribution >= 4 is 53.7 Å². The van der Waals surface area contributed by atoms with E-state index in [1.165, 1.54) is 19.3 Å².